The van der Waals surface area contributed by atoms with E-state index in [-0.39, 0.29) is 11.7 Å². The van der Waals surface area contributed by atoms with Crippen molar-refractivity contribution in [2.75, 3.05) is 5.32 Å². The molecule has 0 aliphatic carbocycles. The van der Waals surface area contributed by atoms with E-state index in [2.05, 4.69) is 31.3 Å². The van der Waals surface area contributed by atoms with Gasteiger partial charge in [-0.2, -0.15) is 0 Å². The third-order valence-corrected chi connectivity index (χ3v) is 5.30. The van der Waals surface area contributed by atoms with E-state index in [4.69, 9.17) is 11.6 Å². The van der Waals surface area contributed by atoms with Gasteiger partial charge in [-0.05, 0) is 55.8 Å². The summed E-state index contributed by atoms with van der Waals surface area (Å²) in [6, 6.07) is 20.8. The molecule has 3 aromatic carbocycles. The molecule has 0 saturated heterocycles. The van der Waals surface area contributed by atoms with E-state index in [9.17, 15) is 4.79 Å². The van der Waals surface area contributed by atoms with E-state index in [1.54, 1.807) is 4.68 Å². The van der Waals surface area contributed by atoms with Gasteiger partial charge in [-0.3, -0.25) is 4.79 Å². The van der Waals surface area contributed by atoms with E-state index >= 15 is 0 Å². The maximum absolute atomic E-state index is 12.9. The van der Waals surface area contributed by atoms with Gasteiger partial charge in [0.2, 0.25) is 5.82 Å². The molecule has 0 bridgehead atoms. The SMILES string of the molecule is Cc1cccc(-c2nc(C(=O)Nc3cccc(Br)c3)nn2-c2cc(Cl)ccc2C)c1. The van der Waals surface area contributed by atoms with Crippen LogP contribution in [0.15, 0.2) is 71.2 Å². The van der Waals surface area contributed by atoms with Gasteiger partial charge in [0.05, 0.1) is 5.69 Å². The van der Waals surface area contributed by atoms with Crippen LogP contribution in [-0.4, -0.2) is 20.7 Å². The first-order chi connectivity index (χ1) is 14.4. The van der Waals surface area contributed by atoms with Gasteiger partial charge in [0.15, 0.2) is 5.82 Å². The molecule has 1 aromatic heterocycles. The van der Waals surface area contributed by atoms with Crippen LogP contribution in [0.1, 0.15) is 21.7 Å². The minimum atomic E-state index is -0.388. The number of carbonyl (C=O) groups is 1. The van der Waals surface area contributed by atoms with Crippen LogP contribution >= 0.6 is 27.5 Å². The summed E-state index contributed by atoms with van der Waals surface area (Å²) in [6.45, 7) is 3.98. The Hall–Kier alpha value is -2.96. The van der Waals surface area contributed by atoms with Gasteiger partial charge in [0, 0.05) is 20.7 Å². The van der Waals surface area contributed by atoms with Crippen molar-refractivity contribution in [3.63, 3.8) is 0 Å². The van der Waals surface area contributed by atoms with E-state index in [1.807, 2.05) is 80.6 Å². The standard InChI is InChI=1S/C23H18BrClN4O/c1-14-5-3-6-16(11-14)22-27-21(23(30)26-19-8-4-7-17(24)12-19)28-29(22)20-13-18(25)10-9-15(20)2/h3-13H,1-2H3,(H,26,30). The van der Waals surface area contributed by atoms with Crippen LogP contribution < -0.4 is 5.32 Å². The molecule has 1 N–H and O–H groups in total. The number of anilines is 1. The van der Waals surface area contributed by atoms with Crippen LogP contribution in [0.25, 0.3) is 17.1 Å². The fraction of sp³-hybridized carbons (Fsp3) is 0.0870. The first-order valence-corrected chi connectivity index (χ1v) is 10.5. The molecular weight excluding hydrogens is 464 g/mol. The Kier molecular flexibility index (Phi) is 5.70. The molecule has 0 saturated carbocycles. The Morgan fingerprint density at radius 2 is 1.83 bits per heavy atom. The Labute approximate surface area is 187 Å². The van der Waals surface area contributed by atoms with Crippen molar-refractivity contribution in [1.82, 2.24) is 14.8 Å². The number of benzene rings is 3. The fourth-order valence-electron chi connectivity index (χ4n) is 3.11. The predicted molar refractivity (Wildman–Crippen MR) is 123 cm³/mol. The summed E-state index contributed by atoms with van der Waals surface area (Å²) >= 11 is 9.64. The van der Waals surface area contributed by atoms with Gasteiger partial charge in [-0.1, -0.05) is 63.4 Å². The number of rotatable bonds is 4. The second-order valence-electron chi connectivity index (χ2n) is 6.94. The highest BCUT2D eigenvalue weighted by Gasteiger charge is 2.20. The zero-order valence-corrected chi connectivity index (χ0v) is 18.7. The Bertz CT molecular complexity index is 1250. The van der Waals surface area contributed by atoms with E-state index in [1.165, 1.54) is 0 Å². The molecule has 1 amide bonds. The van der Waals surface area contributed by atoms with Gasteiger partial charge in [-0.25, -0.2) is 9.67 Å². The van der Waals surface area contributed by atoms with Crippen molar-refractivity contribution in [1.29, 1.82) is 0 Å². The summed E-state index contributed by atoms with van der Waals surface area (Å²) in [5.74, 6) is 0.259. The molecule has 0 unspecified atom stereocenters. The predicted octanol–water partition coefficient (Wildman–Crippen LogP) is 6.22. The van der Waals surface area contributed by atoms with Gasteiger partial charge >= 0.3 is 0 Å². The molecule has 5 nitrogen and oxygen atoms in total. The number of hydrogen-bond donors (Lipinski definition) is 1. The van der Waals surface area contributed by atoms with Crippen LogP contribution in [0.3, 0.4) is 0 Å². The lowest BCUT2D eigenvalue weighted by Gasteiger charge is -2.10. The molecule has 1 heterocycles. The summed E-state index contributed by atoms with van der Waals surface area (Å²) in [4.78, 5) is 17.5. The lowest BCUT2D eigenvalue weighted by atomic mass is 10.1. The molecule has 0 aliphatic rings. The molecule has 0 radical (unpaired) electrons. The molecule has 0 aliphatic heterocycles. The number of carbonyl (C=O) groups excluding carboxylic acids is 1. The average Bonchev–Trinajstić information content (AvgIpc) is 3.15. The highest BCUT2D eigenvalue weighted by molar-refractivity contribution is 9.10. The van der Waals surface area contributed by atoms with Crippen LogP contribution in [0, 0.1) is 13.8 Å². The number of aromatic nitrogens is 3. The summed E-state index contributed by atoms with van der Waals surface area (Å²) in [7, 11) is 0. The average molecular weight is 482 g/mol. The van der Waals surface area contributed by atoms with Crippen molar-refractivity contribution < 1.29 is 4.79 Å². The maximum atomic E-state index is 12.9. The number of nitrogens with zero attached hydrogens (tertiary/aromatic N) is 3. The van der Waals surface area contributed by atoms with Crippen molar-refractivity contribution in [3.05, 3.63) is 93.2 Å². The second kappa shape index (κ2) is 8.42. The lowest BCUT2D eigenvalue weighted by molar-refractivity contribution is 0.101. The van der Waals surface area contributed by atoms with Crippen molar-refractivity contribution in [2.45, 2.75) is 13.8 Å². The van der Waals surface area contributed by atoms with Gasteiger partial charge in [0.25, 0.3) is 5.91 Å². The third-order valence-electron chi connectivity index (χ3n) is 4.57. The Morgan fingerprint density at radius 1 is 1.03 bits per heavy atom. The molecule has 0 atom stereocenters. The number of amides is 1. The zero-order valence-electron chi connectivity index (χ0n) is 16.4. The Balaban J connectivity index is 1.81. The largest absolute Gasteiger partial charge is 0.319 e. The van der Waals surface area contributed by atoms with Gasteiger partial charge in [0.1, 0.15) is 0 Å². The lowest BCUT2D eigenvalue weighted by Crippen LogP contribution is -2.14. The van der Waals surface area contributed by atoms with Crippen molar-refractivity contribution >= 4 is 39.1 Å². The summed E-state index contributed by atoms with van der Waals surface area (Å²) in [5, 5.41) is 7.96. The first-order valence-electron chi connectivity index (χ1n) is 9.28. The number of hydrogen-bond acceptors (Lipinski definition) is 3. The minimum absolute atomic E-state index is 0.0749. The smallest absolute Gasteiger partial charge is 0.295 e. The molecule has 4 rings (SSSR count). The second-order valence-corrected chi connectivity index (χ2v) is 8.29. The van der Waals surface area contributed by atoms with Crippen molar-refractivity contribution in [2.24, 2.45) is 0 Å². The molecular formula is C23H18BrClN4O. The normalized spacial score (nSPS) is 10.8. The first kappa shape index (κ1) is 20.3. The van der Waals surface area contributed by atoms with Crippen LogP contribution in [0.5, 0.6) is 0 Å². The van der Waals surface area contributed by atoms with E-state index in [0.717, 1.165) is 26.9 Å². The quantitative estimate of drug-likeness (QED) is 0.376. The molecule has 0 fully saturated rings. The van der Waals surface area contributed by atoms with Crippen LogP contribution in [0.4, 0.5) is 5.69 Å². The zero-order chi connectivity index (χ0) is 21.3. The van der Waals surface area contributed by atoms with Crippen LogP contribution in [0.2, 0.25) is 5.02 Å². The third kappa shape index (κ3) is 4.30. The van der Waals surface area contributed by atoms with Gasteiger partial charge < -0.3 is 5.32 Å². The van der Waals surface area contributed by atoms with E-state index < -0.39 is 0 Å². The molecule has 30 heavy (non-hydrogen) atoms. The molecule has 0 spiro atoms. The summed E-state index contributed by atoms with van der Waals surface area (Å²) in [5.41, 5.74) is 4.35. The molecule has 150 valence electrons. The number of nitrogens with one attached hydrogen (secondary N) is 1. The number of aryl methyl sites for hydroxylation is 2. The molecule has 7 heteroatoms. The van der Waals surface area contributed by atoms with Crippen molar-refractivity contribution in [3.8, 4) is 17.1 Å². The number of halogens is 2. The van der Waals surface area contributed by atoms with E-state index in [0.29, 0.717) is 16.5 Å². The molecule has 4 aromatic rings. The monoisotopic (exact) mass is 480 g/mol. The highest BCUT2D eigenvalue weighted by atomic mass is 79.9. The summed E-state index contributed by atoms with van der Waals surface area (Å²) in [6.07, 6.45) is 0. The van der Waals surface area contributed by atoms with Crippen LogP contribution in [-0.2, 0) is 0 Å². The summed E-state index contributed by atoms with van der Waals surface area (Å²) < 4.78 is 2.54. The van der Waals surface area contributed by atoms with Gasteiger partial charge in [-0.15, -0.1) is 5.10 Å². The topological polar surface area (TPSA) is 59.8 Å². The highest BCUT2D eigenvalue weighted by Crippen LogP contribution is 2.26. The minimum Gasteiger partial charge on any atom is -0.319 e. The fourth-order valence-corrected chi connectivity index (χ4v) is 3.68. The maximum Gasteiger partial charge on any atom is 0.295 e. The Morgan fingerprint density at radius 3 is 2.60 bits per heavy atom.